The van der Waals surface area contributed by atoms with Crippen molar-refractivity contribution in [3.8, 4) is 11.3 Å². The summed E-state index contributed by atoms with van der Waals surface area (Å²) in [6.07, 6.45) is 9.03. The van der Waals surface area contributed by atoms with E-state index in [4.69, 9.17) is 14.0 Å². The molecular weight excluding hydrogens is 412 g/mol. The Labute approximate surface area is 183 Å². The summed E-state index contributed by atoms with van der Waals surface area (Å²) in [5.41, 5.74) is 2.33. The molecule has 3 aromatic rings. The maximum absolute atomic E-state index is 13.2. The second-order valence-electron chi connectivity index (χ2n) is 7.61. The lowest BCUT2D eigenvalue weighted by molar-refractivity contribution is -0.133. The van der Waals surface area contributed by atoms with Gasteiger partial charge < -0.3 is 18.9 Å². The number of aromatic nitrogens is 4. The second-order valence-corrected chi connectivity index (χ2v) is 7.61. The number of methoxy groups -OCH3 is 1. The normalized spacial score (nSPS) is 20.0. The number of allylic oxidation sites excluding steroid dienone is 1. The third kappa shape index (κ3) is 3.80. The van der Waals surface area contributed by atoms with Gasteiger partial charge in [-0.25, -0.2) is 0 Å². The topological polar surface area (TPSA) is 107 Å². The van der Waals surface area contributed by atoms with E-state index in [0.29, 0.717) is 36.2 Å². The average Bonchev–Trinajstić information content (AvgIpc) is 3.42. The zero-order valence-corrected chi connectivity index (χ0v) is 17.7. The highest BCUT2D eigenvalue weighted by atomic mass is 16.5. The van der Waals surface area contributed by atoms with Gasteiger partial charge in [0.1, 0.15) is 12.4 Å². The summed E-state index contributed by atoms with van der Waals surface area (Å²) in [5, 5.41) is 12.5. The number of pyridine rings is 1. The molecular formula is C22H22N6O4. The van der Waals surface area contributed by atoms with Crippen molar-refractivity contribution in [1.82, 2.24) is 24.7 Å². The zero-order valence-electron chi connectivity index (χ0n) is 17.7. The monoisotopic (exact) mass is 434 g/mol. The first-order chi connectivity index (χ1) is 15.6. The second kappa shape index (κ2) is 8.39. The first-order valence-corrected chi connectivity index (χ1v) is 10.3. The Bertz CT molecular complexity index is 1240. The van der Waals surface area contributed by atoms with E-state index in [1.165, 1.54) is 0 Å². The number of hydrogen-bond donors (Lipinski definition) is 0. The molecule has 0 N–H and O–H groups in total. The quantitative estimate of drug-likeness (QED) is 0.525. The van der Waals surface area contributed by atoms with Crippen LogP contribution in [-0.2, 0) is 20.8 Å². The zero-order chi connectivity index (χ0) is 22.1. The molecule has 2 atom stereocenters. The molecule has 3 aromatic heterocycles. The third-order valence-electron chi connectivity index (χ3n) is 5.37. The molecule has 5 rings (SSSR count). The van der Waals surface area contributed by atoms with Crippen LogP contribution in [0.3, 0.4) is 0 Å². The lowest BCUT2D eigenvalue weighted by Crippen LogP contribution is -2.41. The van der Waals surface area contributed by atoms with Crippen LogP contribution in [-0.4, -0.2) is 63.1 Å². The van der Waals surface area contributed by atoms with Gasteiger partial charge in [-0.1, -0.05) is 5.16 Å². The minimum absolute atomic E-state index is 0.0686. The van der Waals surface area contributed by atoms with Crippen LogP contribution in [0.1, 0.15) is 11.5 Å². The number of carbonyl (C=O) groups excluding carboxylic acids is 1. The Morgan fingerprint density at radius 2 is 2.12 bits per heavy atom. The van der Waals surface area contributed by atoms with Crippen molar-refractivity contribution in [2.75, 3.05) is 20.3 Å². The van der Waals surface area contributed by atoms with E-state index in [0.717, 1.165) is 11.3 Å². The molecule has 2 unspecified atom stereocenters. The van der Waals surface area contributed by atoms with Crippen molar-refractivity contribution >= 4 is 17.8 Å². The molecule has 2 aliphatic heterocycles. The molecule has 164 valence electrons. The first kappa shape index (κ1) is 20.1. The van der Waals surface area contributed by atoms with Crippen LogP contribution in [0.4, 0.5) is 0 Å². The van der Waals surface area contributed by atoms with E-state index < -0.39 is 5.92 Å². The summed E-state index contributed by atoms with van der Waals surface area (Å²) in [5.74, 6) is 1.38. The van der Waals surface area contributed by atoms with Crippen LogP contribution >= 0.6 is 0 Å². The maximum atomic E-state index is 13.2. The standard InChI is InChI=1S/C22H22N6O4/c1-14-9-19(32-26-14)15-3-4-20-24-25-21(28(20)12-15)13-27-6-5-18-17(22(27)29)10-16(11-23-18)31-8-7-30-2/h3-6,9-12,17-18H,7-8,13H2,1-2H3. The minimum atomic E-state index is -0.422. The van der Waals surface area contributed by atoms with Crippen LogP contribution < -0.4 is 0 Å². The van der Waals surface area contributed by atoms with E-state index in [9.17, 15) is 4.79 Å². The van der Waals surface area contributed by atoms with Gasteiger partial charge in [-0.3, -0.25) is 14.2 Å². The lowest BCUT2D eigenvalue weighted by Gasteiger charge is -2.31. The van der Waals surface area contributed by atoms with E-state index in [-0.39, 0.29) is 18.5 Å². The van der Waals surface area contributed by atoms with Gasteiger partial charge >= 0.3 is 0 Å². The smallest absolute Gasteiger partial charge is 0.236 e. The highest BCUT2D eigenvalue weighted by Crippen LogP contribution is 2.27. The van der Waals surface area contributed by atoms with E-state index in [2.05, 4.69) is 20.3 Å². The number of fused-ring (bicyclic) bond motifs is 2. The molecule has 0 fully saturated rings. The van der Waals surface area contributed by atoms with Crippen molar-refractivity contribution in [3.05, 3.63) is 60.0 Å². The van der Waals surface area contributed by atoms with E-state index in [1.807, 2.05) is 47.9 Å². The maximum Gasteiger partial charge on any atom is 0.236 e. The molecule has 10 nitrogen and oxygen atoms in total. The average molecular weight is 434 g/mol. The minimum Gasteiger partial charge on any atom is -0.490 e. The Morgan fingerprint density at radius 1 is 1.22 bits per heavy atom. The van der Waals surface area contributed by atoms with Gasteiger partial charge in [0.2, 0.25) is 5.91 Å². The number of aryl methyl sites for hydroxylation is 1. The fourth-order valence-corrected chi connectivity index (χ4v) is 3.72. The third-order valence-corrected chi connectivity index (χ3v) is 5.37. The molecule has 0 bridgehead atoms. The van der Waals surface area contributed by atoms with Crippen LogP contribution in [0.15, 0.2) is 58.0 Å². The number of amides is 1. The molecule has 2 aliphatic rings. The van der Waals surface area contributed by atoms with Crippen LogP contribution in [0.25, 0.3) is 17.0 Å². The number of carbonyl (C=O) groups is 1. The fraction of sp³-hybridized carbons (Fsp3) is 0.318. The predicted octanol–water partition coefficient (Wildman–Crippen LogP) is 2.16. The van der Waals surface area contributed by atoms with Crippen molar-refractivity contribution in [3.63, 3.8) is 0 Å². The van der Waals surface area contributed by atoms with Crippen molar-refractivity contribution in [1.29, 1.82) is 0 Å². The van der Waals surface area contributed by atoms with Gasteiger partial charge in [-0.05, 0) is 31.2 Å². The highest BCUT2D eigenvalue weighted by molar-refractivity contribution is 5.88. The van der Waals surface area contributed by atoms with Crippen molar-refractivity contribution in [2.45, 2.75) is 19.5 Å². The molecule has 1 amide bonds. The van der Waals surface area contributed by atoms with Crippen LogP contribution in [0, 0.1) is 12.8 Å². The molecule has 0 radical (unpaired) electrons. The molecule has 0 aliphatic carbocycles. The van der Waals surface area contributed by atoms with Gasteiger partial charge in [0, 0.05) is 31.1 Å². The molecule has 0 spiro atoms. The summed E-state index contributed by atoms with van der Waals surface area (Å²) >= 11 is 0. The molecule has 10 heteroatoms. The fourth-order valence-electron chi connectivity index (χ4n) is 3.72. The van der Waals surface area contributed by atoms with Crippen LogP contribution in [0.5, 0.6) is 0 Å². The molecule has 5 heterocycles. The lowest BCUT2D eigenvalue weighted by atomic mass is 9.93. The predicted molar refractivity (Wildman–Crippen MR) is 115 cm³/mol. The summed E-state index contributed by atoms with van der Waals surface area (Å²) in [6, 6.07) is 5.39. The number of nitrogens with zero attached hydrogens (tertiary/aromatic N) is 6. The van der Waals surface area contributed by atoms with Gasteiger partial charge in [-0.2, -0.15) is 0 Å². The SMILES string of the molecule is COCCOC1=CC2C(=O)N(Cc3nnc4ccc(-c5cc(C)no5)cn34)C=CC2N=C1. The largest absolute Gasteiger partial charge is 0.490 e. The van der Waals surface area contributed by atoms with Gasteiger partial charge in [0.15, 0.2) is 17.2 Å². The number of ether oxygens (including phenoxy) is 2. The number of rotatable bonds is 7. The van der Waals surface area contributed by atoms with Gasteiger partial charge in [0.05, 0.1) is 37.0 Å². The number of aliphatic imine (C=N–C) groups is 1. The molecule has 0 aromatic carbocycles. The first-order valence-electron chi connectivity index (χ1n) is 10.3. The van der Waals surface area contributed by atoms with Crippen molar-refractivity contribution in [2.24, 2.45) is 10.9 Å². The number of hydrogen-bond acceptors (Lipinski definition) is 8. The Morgan fingerprint density at radius 3 is 2.94 bits per heavy atom. The Hall–Kier alpha value is -3.79. The molecule has 32 heavy (non-hydrogen) atoms. The molecule has 0 saturated carbocycles. The highest BCUT2D eigenvalue weighted by Gasteiger charge is 2.34. The summed E-state index contributed by atoms with van der Waals surface area (Å²) in [6.45, 7) is 3.01. The summed E-state index contributed by atoms with van der Waals surface area (Å²) in [7, 11) is 1.61. The summed E-state index contributed by atoms with van der Waals surface area (Å²) in [4.78, 5) is 19.3. The Balaban J connectivity index is 1.37. The van der Waals surface area contributed by atoms with Gasteiger partial charge in [0.25, 0.3) is 0 Å². The van der Waals surface area contributed by atoms with Crippen LogP contribution in [0.2, 0.25) is 0 Å². The van der Waals surface area contributed by atoms with Gasteiger partial charge in [-0.15, -0.1) is 10.2 Å². The number of dihydropyridines is 1. The van der Waals surface area contributed by atoms with E-state index >= 15 is 0 Å². The molecule has 0 saturated heterocycles. The van der Waals surface area contributed by atoms with E-state index in [1.54, 1.807) is 24.4 Å². The summed E-state index contributed by atoms with van der Waals surface area (Å²) < 4.78 is 17.9. The Kier molecular flexibility index (Phi) is 5.28. The van der Waals surface area contributed by atoms with Crippen molar-refractivity contribution < 1.29 is 18.8 Å².